The Kier molecular flexibility index (Phi) is 12.7. The second kappa shape index (κ2) is 16.7. The lowest BCUT2D eigenvalue weighted by Gasteiger charge is -2.23. The van der Waals surface area contributed by atoms with Crippen LogP contribution in [-0.4, -0.2) is 39.0 Å². The van der Waals surface area contributed by atoms with E-state index in [1.807, 2.05) is 24.3 Å². The van der Waals surface area contributed by atoms with Crippen LogP contribution in [0, 0.1) is 17.6 Å². The molecule has 0 heterocycles. The first-order valence-electron chi connectivity index (χ1n) is 16.4. The fourth-order valence-electron chi connectivity index (χ4n) is 5.55. The zero-order valence-corrected chi connectivity index (χ0v) is 29.0. The summed E-state index contributed by atoms with van der Waals surface area (Å²) in [6.45, 7) is 12.6. The maximum absolute atomic E-state index is 15.4. The molecule has 248 valence electrons. The molecule has 0 spiro atoms. The summed E-state index contributed by atoms with van der Waals surface area (Å²) in [6.07, 6.45) is 3.73. The number of carbonyl (C=O) groups is 1. The van der Waals surface area contributed by atoms with Gasteiger partial charge in [0.15, 0.2) is 11.6 Å². The van der Waals surface area contributed by atoms with Crippen molar-refractivity contribution in [3.63, 3.8) is 0 Å². The lowest BCUT2D eigenvalue weighted by molar-refractivity contribution is -0.140. The summed E-state index contributed by atoms with van der Waals surface area (Å²) in [6, 6.07) is 27.8. The van der Waals surface area contributed by atoms with Crippen LogP contribution >= 0.6 is 0 Å². The predicted molar refractivity (Wildman–Crippen MR) is 191 cm³/mol. The topological polar surface area (TPSA) is 55.8 Å². The van der Waals surface area contributed by atoms with Crippen LogP contribution in [0.25, 0.3) is 33.4 Å². The second-order valence-corrected chi connectivity index (χ2v) is 17.7. The van der Waals surface area contributed by atoms with Crippen molar-refractivity contribution >= 4 is 19.2 Å². The zero-order valence-electron chi connectivity index (χ0n) is 28.0. The highest BCUT2D eigenvalue weighted by atomic mass is 28.3. The summed E-state index contributed by atoms with van der Waals surface area (Å²) in [5.41, 5.74) is 4.00. The molecule has 0 fully saturated rings. The maximum Gasteiger partial charge on any atom is 0.333 e. The molecule has 47 heavy (non-hydrogen) atoms. The lowest BCUT2D eigenvalue weighted by Crippen LogP contribution is -2.40. The molecule has 0 radical (unpaired) electrons. The molecule has 0 bridgehead atoms. The van der Waals surface area contributed by atoms with Crippen LogP contribution in [0.15, 0.2) is 97.1 Å². The van der Waals surface area contributed by atoms with Crippen molar-refractivity contribution in [1.29, 1.82) is 0 Å². The maximum atomic E-state index is 15.4. The number of ether oxygens (including phenoxy) is 2. The Hall–Kier alpha value is -4.07. The number of halogens is 2. The normalized spacial score (nSPS) is 12.1. The van der Waals surface area contributed by atoms with E-state index in [1.54, 1.807) is 43.3 Å². The molecular weight excluding hydrogens is 611 g/mol. The second-order valence-electron chi connectivity index (χ2n) is 12.9. The fourth-order valence-corrected chi connectivity index (χ4v) is 8.15. The number of carbonyl (C=O) groups excluding carboxylic acids is 1. The van der Waals surface area contributed by atoms with Crippen molar-refractivity contribution < 1.29 is 28.2 Å². The Morgan fingerprint density at radius 2 is 1.32 bits per heavy atom. The Bertz CT molecular complexity index is 1630. The molecule has 1 N–H and O–H groups in total. The van der Waals surface area contributed by atoms with E-state index in [0.717, 1.165) is 11.1 Å². The third-order valence-electron chi connectivity index (χ3n) is 8.68. The molecular formula is C40H46F2O4Si. The van der Waals surface area contributed by atoms with Gasteiger partial charge in [-0.25, -0.2) is 13.6 Å². The molecule has 0 saturated carbocycles. The summed E-state index contributed by atoms with van der Waals surface area (Å²) in [5, 5.41) is 11.0. The highest BCUT2D eigenvalue weighted by Crippen LogP contribution is 2.33. The van der Waals surface area contributed by atoms with Crippen molar-refractivity contribution in [2.24, 2.45) is 5.92 Å². The zero-order chi connectivity index (χ0) is 34.0. The van der Waals surface area contributed by atoms with Gasteiger partial charge in [-0.05, 0) is 54.2 Å². The van der Waals surface area contributed by atoms with Crippen LogP contribution < -0.4 is 9.92 Å². The van der Waals surface area contributed by atoms with Crippen LogP contribution in [0.1, 0.15) is 39.5 Å². The molecule has 0 amide bonds. The molecule has 4 rings (SSSR count). The Balaban J connectivity index is 1.36. The quantitative estimate of drug-likeness (QED) is 0.0565. The van der Waals surface area contributed by atoms with Gasteiger partial charge in [-0.1, -0.05) is 123 Å². The first-order chi connectivity index (χ1) is 22.5. The van der Waals surface area contributed by atoms with Crippen LogP contribution in [0.4, 0.5) is 8.78 Å². The number of esters is 1. The molecule has 4 nitrogen and oxygen atoms in total. The number of benzene rings is 4. The molecule has 1 atom stereocenters. The van der Waals surface area contributed by atoms with Crippen molar-refractivity contribution in [3.8, 4) is 39.1 Å². The number of hydrogen-bond donors (Lipinski definition) is 1. The van der Waals surface area contributed by atoms with Crippen molar-refractivity contribution in [2.75, 3.05) is 19.8 Å². The monoisotopic (exact) mass is 656 g/mol. The van der Waals surface area contributed by atoms with Gasteiger partial charge in [-0.15, -0.1) is 0 Å². The molecule has 4 aromatic rings. The Labute approximate surface area is 279 Å². The molecule has 0 saturated heterocycles. The highest BCUT2D eigenvalue weighted by molar-refractivity contribution is 6.89. The molecule has 4 aromatic carbocycles. The van der Waals surface area contributed by atoms with Gasteiger partial charge in [-0.3, -0.25) is 0 Å². The van der Waals surface area contributed by atoms with Crippen LogP contribution in [0.3, 0.4) is 0 Å². The van der Waals surface area contributed by atoms with E-state index in [2.05, 4.69) is 50.9 Å². The summed E-state index contributed by atoms with van der Waals surface area (Å²) in [4.78, 5) is 11.6. The summed E-state index contributed by atoms with van der Waals surface area (Å²) in [7, 11) is -1.44. The largest absolute Gasteiger partial charge is 0.494 e. The van der Waals surface area contributed by atoms with E-state index < -0.39 is 25.7 Å². The van der Waals surface area contributed by atoms with Crippen LogP contribution in [0.2, 0.25) is 19.1 Å². The lowest BCUT2D eigenvalue weighted by atomic mass is 9.97. The average molecular weight is 657 g/mol. The van der Waals surface area contributed by atoms with Crippen molar-refractivity contribution in [2.45, 2.75) is 58.7 Å². The summed E-state index contributed by atoms with van der Waals surface area (Å²) in [5.74, 6) is -1.84. The Morgan fingerprint density at radius 1 is 0.809 bits per heavy atom. The number of rotatable bonds is 16. The molecule has 1 unspecified atom stereocenters. The molecule has 7 heteroatoms. The van der Waals surface area contributed by atoms with E-state index in [9.17, 15) is 9.90 Å². The standard InChI is InChI=1S/C40H46F2O4Si/c1-6-7-25-47(4,5)35-20-16-31(17-21-35)30-10-12-32(13-11-30)36-22-23-37(39(42)38(36)41)33-14-18-34(19-15-33)45-24-8-9-29(26-43)27-46-40(44)28(2)3/h10-23,29,43H,2,6-9,24-27H2,1,3-5H3. The highest BCUT2D eigenvalue weighted by Gasteiger charge is 2.22. The SMILES string of the molecule is C=C(C)C(=O)OCC(CO)CCCOc1ccc(-c2ccc(-c3ccc(-c4ccc([Si](C)(C)CCCC)cc4)cc3)c(F)c2F)cc1. The minimum atomic E-state index is -1.44. The van der Waals surface area contributed by atoms with Gasteiger partial charge < -0.3 is 14.6 Å². The minimum absolute atomic E-state index is 0.0993. The molecule has 0 aromatic heterocycles. The Morgan fingerprint density at radius 3 is 1.83 bits per heavy atom. The summed E-state index contributed by atoms with van der Waals surface area (Å²) >= 11 is 0. The van der Waals surface area contributed by atoms with Gasteiger partial charge in [0.05, 0.1) is 21.3 Å². The molecule has 0 aliphatic rings. The van der Waals surface area contributed by atoms with Gasteiger partial charge in [-0.2, -0.15) is 0 Å². The first-order valence-corrected chi connectivity index (χ1v) is 19.6. The fraction of sp³-hybridized carbons (Fsp3) is 0.325. The number of hydrogen-bond acceptors (Lipinski definition) is 4. The van der Waals surface area contributed by atoms with Crippen molar-refractivity contribution in [1.82, 2.24) is 0 Å². The molecule has 0 aliphatic heterocycles. The third kappa shape index (κ3) is 9.49. The van der Waals surface area contributed by atoms with Gasteiger partial charge in [0, 0.05) is 29.2 Å². The number of aliphatic hydroxyl groups excluding tert-OH is 1. The smallest absolute Gasteiger partial charge is 0.333 e. The van der Waals surface area contributed by atoms with Crippen LogP contribution in [0.5, 0.6) is 5.75 Å². The first kappa shape index (κ1) is 35.8. The van der Waals surface area contributed by atoms with E-state index in [1.165, 1.54) is 24.1 Å². The van der Waals surface area contributed by atoms with Gasteiger partial charge >= 0.3 is 5.97 Å². The number of aliphatic hydroxyl groups is 1. The van der Waals surface area contributed by atoms with E-state index in [0.29, 0.717) is 41.9 Å². The van der Waals surface area contributed by atoms with Gasteiger partial charge in [0.1, 0.15) is 5.75 Å². The predicted octanol–water partition coefficient (Wildman–Crippen LogP) is 9.57. The van der Waals surface area contributed by atoms with E-state index >= 15 is 8.78 Å². The summed E-state index contributed by atoms with van der Waals surface area (Å²) < 4.78 is 41.6. The van der Waals surface area contributed by atoms with Crippen LogP contribution in [-0.2, 0) is 9.53 Å². The van der Waals surface area contributed by atoms with Gasteiger partial charge in [0.2, 0.25) is 0 Å². The average Bonchev–Trinajstić information content (AvgIpc) is 3.08. The third-order valence-corrected chi connectivity index (χ3v) is 12.2. The van der Waals surface area contributed by atoms with Crippen molar-refractivity contribution in [3.05, 3.63) is 109 Å². The minimum Gasteiger partial charge on any atom is -0.494 e. The number of unbranched alkanes of at least 4 members (excludes halogenated alkanes) is 1. The van der Waals surface area contributed by atoms with Gasteiger partial charge in [0.25, 0.3) is 0 Å². The van der Waals surface area contributed by atoms with E-state index in [-0.39, 0.29) is 30.3 Å². The molecule has 0 aliphatic carbocycles. The van der Waals surface area contributed by atoms with E-state index in [4.69, 9.17) is 9.47 Å².